The third-order valence-electron chi connectivity index (χ3n) is 6.86. The number of aromatic nitrogens is 3. The number of aliphatic carboxylic acids is 1. The Morgan fingerprint density at radius 3 is 2.83 bits per heavy atom. The van der Waals surface area contributed by atoms with Crippen molar-refractivity contribution in [2.75, 3.05) is 6.61 Å². The van der Waals surface area contributed by atoms with E-state index in [-0.39, 0.29) is 12.0 Å². The molecule has 0 radical (unpaired) electrons. The number of carboxylic acids is 1. The van der Waals surface area contributed by atoms with Crippen molar-refractivity contribution < 1.29 is 14.6 Å². The first-order chi connectivity index (χ1) is 17.5. The largest absolute Gasteiger partial charge is 0.493 e. The van der Waals surface area contributed by atoms with E-state index in [1.54, 1.807) is 35.3 Å². The predicted molar refractivity (Wildman–Crippen MR) is 138 cm³/mol. The number of carbonyl (C=O) groups is 1. The van der Waals surface area contributed by atoms with Crippen LogP contribution in [0.5, 0.6) is 5.75 Å². The molecule has 1 N–H and O–H groups in total. The molecule has 7 nitrogen and oxygen atoms in total. The molecule has 3 aromatic heterocycles. The van der Waals surface area contributed by atoms with Crippen LogP contribution in [-0.2, 0) is 24.2 Å². The van der Waals surface area contributed by atoms with E-state index in [4.69, 9.17) is 9.72 Å². The number of carboxylic acid groups (broad SMARTS) is 1. The van der Waals surface area contributed by atoms with Gasteiger partial charge in [0.25, 0.3) is 5.56 Å². The molecule has 0 fully saturated rings. The smallest absolute Gasteiger partial charge is 0.307 e. The fourth-order valence-electron chi connectivity index (χ4n) is 5.24. The van der Waals surface area contributed by atoms with Gasteiger partial charge in [-0.25, -0.2) is 0 Å². The second-order valence-electron chi connectivity index (χ2n) is 9.07. The summed E-state index contributed by atoms with van der Waals surface area (Å²) in [5.74, 6) is -0.130. The van der Waals surface area contributed by atoms with Crippen molar-refractivity contribution in [3.05, 3.63) is 99.7 Å². The van der Waals surface area contributed by atoms with E-state index >= 15 is 0 Å². The molecule has 0 saturated heterocycles. The lowest BCUT2D eigenvalue weighted by atomic mass is 9.87. The van der Waals surface area contributed by atoms with Gasteiger partial charge >= 0.3 is 5.97 Å². The lowest BCUT2D eigenvalue weighted by Gasteiger charge is -2.22. The fraction of sp³-hybridized carbons (Fsp3) is 0.172. The standard InChI is InChI=1S/C29H23N3O4/c1-17-13-23-20(5-7-25(33)32(23)16-18-3-2-10-30-15-18)28(22(17)14-26(34)35)21-4-6-24-27-19(9-12-36-24)8-11-31-29(21)27/h2-8,10-11,13,15H,9,12,14,16H2,1H3,(H,34,35). The summed E-state index contributed by atoms with van der Waals surface area (Å²) in [4.78, 5) is 33.9. The number of rotatable bonds is 5. The van der Waals surface area contributed by atoms with Crippen molar-refractivity contribution in [3.63, 3.8) is 0 Å². The zero-order chi connectivity index (χ0) is 24.8. The Morgan fingerprint density at radius 2 is 2.03 bits per heavy atom. The van der Waals surface area contributed by atoms with E-state index in [0.717, 1.165) is 61.8 Å². The number of benzene rings is 2. The van der Waals surface area contributed by atoms with Crippen molar-refractivity contribution in [1.29, 1.82) is 0 Å². The van der Waals surface area contributed by atoms with Gasteiger partial charge in [0.05, 0.1) is 30.6 Å². The van der Waals surface area contributed by atoms with Gasteiger partial charge in [-0.05, 0) is 71.1 Å². The van der Waals surface area contributed by atoms with Crippen molar-refractivity contribution in [2.24, 2.45) is 0 Å². The SMILES string of the molecule is Cc1cc2c(ccc(=O)n2Cc2cccnc2)c(-c2ccc3c4c(ccnc24)CCO3)c1CC(=O)O. The molecule has 0 aliphatic carbocycles. The minimum Gasteiger partial charge on any atom is -0.493 e. The summed E-state index contributed by atoms with van der Waals surface area (Å²) in [6.07, 6.45) is 5.89. The average molecular weight is 478 g/mol. The van der Waals surface area contributed by atoms with Crippen molar-refractivity contribution in [3.8, 4) is 16.9 Å². The lowest BCUT2D eigenvalue weighted by molar-refractivity contribution is -0.136. The molecule has 0 bridgehead atoms. The fourth-order valence-corrected chi connectivity index (χ4v) is 5.24. The average Bonchev–Trinajstić information content (AvgIpc) is 2.88. The summed E-state index contributed by atoms with van der Waals surface area (Å²) < 4.78 is 7.63. The van der Waals surface area contributed by atoms with Crippen LogP contribution in [0.25, 0.3) is 32.9 Å². The van der Waals surface area contributed by atoms with E-state index in [0.29, 0.717) is 18.7 Å². The van der Waals surface area contributed by atoms with Gasteiger partial charge in [-0.3, -0.25) is 19.6 Å². The summed E-state index contributed by atoms with van der Waals surface area (Å²) in [6.45, 7) is 2.87. The van der Waals surface area contributed by atoms with E-state index in [1.807, 2.05) is 43.3 Å². The summed E-state index contributed by atoms with van der Waals surface area (Å²) in [6, 6.07) is 14.9. The maximum atomic E-state index is 13.0. The Bertz CT molecular complexity index is 1710. The highest BCUT2D eigenvalue weighted by molar-refractivity contribution is 6.08. The molecule has 5 aromatic rings. The number of pyridine rings is 3. The summed E-state index contributed by atoms with van der Waals surface area (Å²) in [5, 5.41) is 11.5. The minimum absolute atomic E-state index is 0.133. The normalized spacial score (nSPS) is 12.6. The molecule has 2 aromatic carbocycles. The lowest BCUT2D eigenvalue weighted by Crippen LogP contribution is -2.21. The van der Waals surface area contributed by atoms with Gasteiger partial charge in [0, 0.05) is 47.4 Å². The van der Waals surface area contributed by atoms with Crippen LogP contribution in [0.15, 0.2) is 71.9 Å². The number of aryl methyl sites for hydroxylation is 1. The van der Waals surface area contributed by atoms with Crippen molar-refractivity contribution in [2.45, 2.75) is 26.3 Å². The maximum absolute atomic E-state index is 13.0. The molecule has 7 heteroatoms. The topological polar surface area (TPSA) is 94.3 Å². The third-order valence-corrected chi connectivity index (χ3v) is 6.86. The zero-order valence-electron chi connectivity index (χ0n) is 19.7. The van der Waals surface area contributed by atoms with Crippen LogP contribution >= 0.6 is 0 Å². The van der Waals surface area contributed by atoms with Crippen LogP contribution in [0.4, 0.5) is 0 Å². The first kappa shape index (κ1) is 22.0. The van der Waals surface area contributed by atoms with E-state index in [1.165, 1.54) is 0 Å². The van der Waals surface area contributed by atoms with Crippen LogP contribution in [0.2, 0.25) is 0 Å². The van der Waals surface area contributed by atoms with Gasteiger partial charge in [-0.1, -0.05) is 6.07 Å². The molecule has 6 rings (SSSR count). The van der Waals surface area contributed by atoms with Gasteiger partial charge in [-0.2, -0.15) is 0 Å². The number of ether oxygens (including phenoxy) is 1. The highest BCUT2D eigenvalue weighted by atomic mass is 16.5. The first-order valence-corrected chi connectivity index (χ1v) is 11.8. The predicted octanol–water partition coefficient (Wildman–Crippen LogP) is 4.53. The van der Waals surface area contributed by atoms with Crippen molar-refractivity contribution in [1.82, 2.24) is 14.5 Å². The Labute approximate surface area is 206 Å². The Balaban J connectivity index is 1.70. The second kappa shape index (κ2) is 8.61. The zero-order valence-corrected chi connectivity index (χ0v) is 19.7. The number of fused-ring (bicyclic) bond motifs is 1. The van der Waals surface area contributed by atoms with Crippen LogP contribution in [0, 0.1) is 6.92 Å². The van der Waals surface area contributed by atoms with E-state index in [2.05, 4.69) is 4.98 Å². The van der Waals surface area contributed by atoms with Crippen LogP contribution in [-0.4, -0.2) is 32.2 Å². The van der Waals surface area contributed by atoms with Gasteiger partial charge in [0.2, 0.25) is 0 Å². The molecule has 0 unspecified atom stereocenters. The molecular weight excluding hydrogens is 454 g/mol. The number of nitrogens with zero attached hydrogens (tertiary/aromatic N) is 3. The van der Waals surface area contributed by atoms with Gasteiger partial charge < -0.3 is 14.4 Å². The minimum atomic E-state index is -0.915. The van der Waals surface area contributed by atoms with Crippen molar-refractivity contribution >= 4 is 27.8 Å². The van der Waals surface area contributed by atoms with Gasteiger partial charge in [0.1, 0.15) is 5.75 Å². The van der Waals surface area contributed by atoms with E-state index < -0.39 is 5.97 Å². The molecule has 1 aliphatic heterocycles. The third kappa shape index (κ3) is 3.60. The van der Waals surface area contributed by atoms with Crippen LogP contribution < -0.4 is 10.3 Å². The van der Waals surface area contributed by atoms with E-state index in [9.17, 15) is 14.7 Å². The number of hydrogen-bond donors (Lipinski definition) is 1. The van der Waals surface area contributed by atoms with Crippen LogP contribution in [0.3, 0.4) is 0 Å². The molecule has 1 aliphatic rings. The molecule has 178 valence electrons. The van der Waals surface area contributed by atoms with Gasteiger partial charge in [-0.15, -0.1) is 0 Å². The highest BCUT2D eigenvalue weighted by Gasteiger charge is 2.23. The highest BCUT2D eigenvalue weighted by Crippen LogP contribution is 2.42. The van der Waals surface area contributed by atoms with Crippen LogP contribution in [0.1, 0.15) is 22.3 Å². The van der Waals surface area contributed by atoms with Gasteiger partial charge in [0.15, 0.2) is 0 Å². The number of hydrogen-bond acceptors (Lipinski definition) is 5. The molecule has 4 heterocycles. The Morgan fingerprint density at radius 1 is 1.14 bits per heavy atom. The molecular formula is C29H23N3O4. The maximum Gasteiger partial charge on any atom is 0.307 e. The monoisotopic (exact) mass is 477 g/mol. The second-order valence-corrected chi connectivity index (χ2v) is 9.07. The summed E-state index contributed by atoms with van der Waals surface area (Å²) in [7, 11) is 0. The summed E-state index contributed by atoms with van der Waals surface area (Å²) >= 11 is 0. The Hall–Kier alpha value is -4.52. The quantitative estimate of drug-likeness (QED) is 0.400. The molecule has 0 spiro atoms. The summed E-state index contributed by atoms with van der Waals surface area (Å²) in [5.41, 5.74) is 6.58. The first-order valence-electron chi connectivity index (χ1n) is 11.8. The molecule has 0 amide bonds. The Kier molecular flexibility index (Phi) is 5.25. The molecule has 0 saturated carbocycles. The molecule has 0 atom stereocenters. The molecule has 36 heavy (non-hydrogen) atoms.